The van der Waals surface area contributed by atoms with Crippen LogP contribution in [0.5, 0.6) is 0 Å². The minimum Gasteiger partial charge on any atom is -0.376 e. The molecule has 0 aliphatic carbocycles. The Balaban J connectivity index is 1.91. The summed E-state index contributed by atoms with van der Waals surface area (Å²) in [5, 5.41) is 15.5. The van der Waals surface area contributed by atoms with Gasteiger partial charge < -0.3 is 10.1 Å². The number of amides is 1. The molecule has 1 N–H and O–H groups in total. The fourth-order valence-corrected chi connectivity index (χ4v) is 2.40. The molecule has 94 valence electrons. The topological polar surface area (TPSA) is 62.1 Å². The van der Waals surface area contributed by atoms with E-state index in [1.807, 2.05) is 22.9 Å². The SMILES string of the molecule is N#CC(=Cc1ccsc1)C(=O)NCC1CCCO1. The fourth-order valence-electron chi connectivity index (χ4n) is 1.78. The number of nitrogens with one attached hydrogen (secondary N) is 1. The highest BCUT2D eigenvalue weighted by atomic mass is 32.1. The van der Waals surface area contributed by atoms with Crippen molar-refractivity contribution in [3.8, 4) is 6.07 Å². The molecule has 0 radical (unpaired) electrons. The molecular weight excluding hydrogens is 248 g/mol. The van der Waals surface area contributed by atoms with E-state index in [0.717, 1.165) is 25.0 Å². The van der Waals surface area contributed by atoms with Crippen molar-refractivity contribution in [3.05, 3.63) is 28.0 Å². The fraction of sp³-hybridized carbons (Fsp3) is 0.385. The van der Waals surface area contributed by atoms with Crippen LogP contribution in [-0.4, -0.2) is 25.2 Å². The minimum absolute atomic E-state index is 0.0926. The largest absolute Gasteiger partial charge is 0.376 e. The molecule has 1 aliphatic rings. The van der Waals surface area contributed by atoms with E-state index in [1.54, 1.807) is 6.08 Å². The molecule has 18 heavy (non-hydrogen) atoms. The Morgan fingerprint density at radius 3 is 3.22 bits per heavy atom. The van der Waals surface area contributed by atoms with Crippen LogP contribution in [-0.2, 0) is 9.53 Å². The summed E-state index contributed by atoms with van der Waals surface area (Å²) < 4.78 is 5.41. The van der Waals surface area contributed by atoms with Crippen molar-refractivity contribution in [2.24, 2.45) is 0 Å². The number of rotatable bonds is 4. The molecular formula is C13H14N2O2S. The second-order valence-electron chi connectivity index (χ2n) is 4.07. The van der Waals surface area contributed by atoms with E-state index < -0.39 is 0 Å². The van der Waals surface area contributed by atoms with Gasteiger partial charge in [-0.3, -0.25) is 4.79 Å². The molecule has 0 bridgehead atoms. The van der Waals surface area contributed by atoms with Gasteiger partial charge in [0.25, 0.3) is 5.91 Å². The molecule has 1 aromatic rings. The summed E-state index contributed by atoms with van der Waals surface area (Å²) in [7, 11) is 0. The van der Waals surface area contributed by atoms with Gasteiger partial charge in [-0.25, -0.2) is 0 Å². The van der Waals surface area contributed by atoms with Crippen molar-refractivity contribution in [3.63, 3.8) is 0 Å². The van der Waals surface area contributed by atoms with E-state index in [0.29, 0.717) is 6.54 Å². The van der Waals surface area contributed by atoms with Crippen LogP contribution in [0.2, 0.25) is 0 Å². The number of hydrogen-bond acceptors (Lipinski definition) is 4. The first-order chi connectivity index (χ1) is 8.79. The number of ether oxygens (including phenoxy) is 1. The Bertz CT molecular complexity index is 468. The molecule has 2 heterocycles. The average Bonchev–Trinajstić information content (AvgIpc) is 3.06. The smallest absolute Gasteiger partial charge is 0.262 e. The third-order valence-corrected chi connectivity index (χ3v) is 3.44. The molecule has 0 saturated carbocycles. The van der Waals surface area contributed by atoms with E-state index in [9.17, 15) is 4.79 Å². The first-order valence-corrected chi connectivity index (χ1v) is 6.77. The number of thiophene rings is 1. The predicted molar refractivity (Wildman–Crippen MR) is 69.9 cm³/mol. The molecule has 1 atom stereocenters. The molecule has 4 nitrogen and oxygen atoms in total. The quantitative estimate of drug-likeness (QED) is 0.666. The Morgan fingerprint density at radius 1 is 1.72 bits per heavy atom. The van der Waals surface area contributed by atoms with Gasteiger partial charge >= 0.3 is 0 Å². The first-order valence-electron chi connectivity index (χ1n) is 5.83. The summed E-state index contributed by atoms with van der Waals surface area (Å²) in [6.45, 7) is 1.23. The van der Waals surface area contributed by atoms with Gasteiger partial charge in [0.1, 0.15) is 11.6 Å². The maximum absolute atomic E-state index is 11.8. The van der Waals surface area contributed by atoms with Crippen molar-refractivity contribution in [2.45, 2.75) is 18.9 Å². The summed E-state index contributed by atoms with van der Waals surface area (Å²) >= 11 is 1.53. The maximum Gasteiger partial charge on any atom is 0.262 e. The van der Waals surface area contributed by atoms with Crippen LogP contribution < -0.4 is 5.32 Å². The number of carbonyl (C=O) groups is 1. The number of nitriles is 1. The standard InChI is InChI=1S/C13H14N2O2S/c14-7-11(6-10-3-5-18-9-10)13(16)15-8-12-2-1-4-17-12/h3,5-6,9,12H,1-2,4,8H2,(H,15,16). The van der Waals surface area contributed by atoms with Crippen molar-refractivity contribution in [2.75, 3.05) is 13.2 Å². The molecule has 1 fully saturated rings. The molecule has 1 aliphatic heterocycles. The zero-order valence-corrected chi connectivity index (χ0v) is 10.7. The minimum atomic E-state index is -0.334. The van der Waals surface area contributed by atoms with Crippen molar-refractivity contribution in [1.29, 1.82) is 5.26 Å². The number of carbonyl (C=O) groups excluding carboxylic acids is 1. The molecule has 1 unspecified atom stereocenters. The molecule has 1 aromatic heterocycles. The van der Waals surface area contributed by atoms with E-state index in [4.69, 9.17) is 10.00 Å². The Morgan fingerprint density at radius 2 is 2.61 bits per heavy atom. The zero-order valence-electron chi connectivity index (χ0n) is 9.89. The Hall–Kier alpha value is -1.64. The Kier molecular flexibility index (Phi) is 4.51. The highest BCUT2D eigenvalue weighted by Crippen LogP contribution is 2.12. The van der Waals surface area contributed by atoms with Gasteiger partial charge in [-0.05, 0) is 41.3 Å². The first kappa shape index (κ1) is 12.8. The summed E-state index contributed by atoms with van der Waals surface area (Å²) in [5.41, 5.74) is 1.01. The second kappa shape index (κ2) is 6.34. The second-order valence-corrected chi connectivity index (χ2v) is 4.85. The normalized spacial score (nSPS) is 19.5. The molecule has 5 heteroatoms. The third kappa shape index (κ3) is 3.42. The molecule has 2 rings (SSSR count). The van der Waals surface area contributed by atoms with Crippen molar-refractivity contribution in [1.82, 2.24) is 5.32 Å². The van der Waals surface area contributed by atoms with Crippen molar-refractivity contribution < 1.29 is 9.53 Å². The van der Waals surface area contributed by atoms with Crippen LogP contribution in [0.4, 0.5) is 0 Å². The molecule has 1 amide bonds. The monoisotopic (exact) mass is 262 g/mol. The lowest BCUT2D eigenvalue weighted by Crippen LogP contribution is -2.32. The van der Waals surface area contributed by atoms with Crippen LogP contribution in [0.1, 0.15) is 18.4 Å². The highest BCUT2D eigenvalue weighted by Gasteiger charge is 2.17. The zero-order chi connectivity index (χ0) is 12.8. The lowest BCUT2D eigenvalue weighted by Gasteiger charge is -2.09. The van der Waals surface area contributed by atoms with E-state index in [-0.39, 0.29) is 17.6 Å². The average molecular weight is 262 g/mol. The van der Waals surface area contributed by atoms with E-state index in [1.165, 1.54) is 11.3 Å². The van der Waals surface area contributed by atoms with Gasteiger partial charge in [-0.15, -0.1) is 0 Å². The lowest BCUT2D eigenvalue weighted by molar-refractivity contribution is -0.117. The van der Waals surface area contributed by atoms with Gasteiger partial charge in [0.2, 0.25) is 0 Å². The maximum atomic E-state index is 11.8. The predicted octanol–water partition coefficient (Wildman–Crippen LogP) is 1.95. The Labute approximate surface area is 110 Å². The molecule has 1 saturated heterocycles. The van der Waals surface area contributed by atoms with Crippen LogP contribution >= 0.6 is 11.3 Å². The summed E-state index contributed by atoms with van der Waals surface area (Å²) in [5.74, 6) is -0.334. The van der Waals surface area contributed by atoms with Gasteiger partial charge in [0.15, 0.2) is 0 Å². The lowest BCUT2D eigenvalue weighted by atomic mass is 10.2. The van der Waals surface area contributed by atoms with Gasteiger partial charge in [0, 0.05) is 13.2 Å². The highest BCUT2D eigenvalue weighted by molar-refractivity contribution is 7.08. The summed E-state index contributed by atoms with van der Waals surface area (Å²) in [4.78, 5) is 11.8. The summed E-state index contributed by atoms with van der Waals surface area (Å²) in [6, 6.07) is 3.80. The molecule has 0 aromatic carbocycles. The van der Waals surface area contributed by atoms with Crippen LogP contribution in [0.15, 0.2) is 22.4 Å². The van der Waals surface area contributed by atoms with Crippen LogP contribution in [0.25, 0.3) is 6.08 Å². The number of hydrogen-bond donors (Lipinski definition) is 1. The van der Waals surface area contributed by atoms with Gasteiger partial charge in [0.05, 0.1) is 6.10 Å². The van der Waals surface area contributed by atoms with Crippen LogP contribution in [0, 0.1) is 11.3 Å². The summed E-state index contributed by atoms with van der Waals surface area (Å²) in [6.07, 6.45) is 3.70. The van der Waals surface area contributed by atoms with Gasteiger partial charge in [-0.1, -0.05) is 0 Å². The molecule has 0 spiro atoms. The van der Waals surface area contributed by atoms with E-state index >= 15 is 0 Å². The number of nitrogens with zero attached hydrogens (tertiary/aromatic N) is 1. The third-order valence-electron chi connectivity index (χ3n) is 2.73. The van der Waals surface area contributed by atoms with Gasteiger partial charge in [-0.2, -0.15) is 16.6 Å². The van der Waals surface area contributed by atoms with E-state index in [2.05, 4.69) is 5.32 Å². The van der Waals surface area contributed by atoms with Crippen molar-refractivity contribution >= 4 is 23.3 Å². The van der Waals surface area contributed by atoms with Crippen LogP contribution in [0.3, 0.4) is 0 Å².